The maximum Gasteiger partial charge on any atom is 0.267 e. The highest BCUT2D eigenvalue weighted by atomic mass is 16.3. The monoisotopic (exact) mass is 321 g/mol. The number of nitriles is 1. The summed E-state index contributed by atoms with van der Waals surface area (Å²) < 4.78 is 0. The average molecular weight is 321 g/mol. The van der Waals surface area contributed by atoms with Crippen molar-refractivity contribution in [2.45, 2.75) is 20.8 Å². The van der Waals surface area contributed by atoms with Crippen molar-refractivity contribution in [2.75, 3.05) is 10.6 Å². The van der Waals surface area contributed by atoms with E-state index in [9.17, 15) is 15.2 Å². The van der Waals surface area contributed by atoms with E-state index in [2.05, 4.69) is 10.6 Å². The summed E-state index contributed by atoms with van der Waals surface area (Å²) in [5, 5.41) is 24.3. The van der Waals surface area contributed by atoms with Gasteiger partial charge in [-0.2, -0.15) is 5.26 Å². The Bertz CT molecular complexity index is 828. The molecule has 0 saturated carbocycles. The number of nitrogens with one attached hydrogen (secondary N) is 2. The summed E-state index contributed by atoms with van der Waals surface area (Å²) in [6, 6.07) is 12.4. The van der Waals surface area contributed by atoms with Crippen LogP contribution in [0, 0.1) is 32.1 Å². The van der Waals surface area contributed by atoms with Crippen LogP contribution in [-0.2, 0) is 4.79 Å². The van der Waals surface area contributed by atoms with Gasteiger partial charge >= 0.3 is 0 Å². The number of carbonyl (C=O) groups is 1. The number of nitrogens with zero attached hydrogens (tertiary/aromatic N) is 1. The third kappa shape index (κ3) is 4.37. The Morgan fingerprint density at radius 1 is 1.12 bits per heavy atom. The average Bonchev–Trinajstić information content (AvgIpc) is 2.50. The van der Waals surface area contributed by atoms with Crippen LogP contribution in [0.1, 0.15) is 16.7 Å². The zero-order chi connectivity index (χ0) is 17.7. The van der Waals surface area contributed by atoms with Crippen LogP contribution in [0.25, 0.3) is 0 Å². The molecular formula is C19H19N3O2. The first kappa shape index (κ1) is 17.1. The van der Waals surface area contributed by atoms with E-state index in [1.807, 2.05) is 38.1 Å². The summed E-state index contributed by atoms with van der Waals surface area (Å²) in [6.45, 7) is 5.72. The van der Waals surface area contributed by atoms with E-state index in [1.54, 1.807) is 19.1 Å². The van der Waals surface area contributed by atoms with Crippen LogP contribution < -0.4 is 10.6 Å². The number of rotatable bonds is 4. The van der Waals surface area contributed by atoms with Gasteiger partial charge < -0.3 is 15.7 Å². The smallest absolute Gasteiger partial charge is 0.267 e. The minimum atomic E-state index is -0.511. The van der Waals surface area contributed by atoms with E-state index >= 15 is 0 Å². The largest absolute Gasteiger partial charge is 0.508 e. The summed E-state index contributed by atoms with van der Waals surface area (Å²) >= 11 is 0. The molecule has 0 saturated heterocycles. The lowest BCUT2D eigenvalue weighted by Gasteiger charge is -2.09. The molecule has 0 fully saturated rings. The first-order valence-electron chi connectivity index (χ1n) is 7.45. The van der Waals surface area contributed by atoms with Crippen LogP contribution in [-0.4, -0.2) is 11.0 Å². The van der Waals surface area contributed by atoms with Gasteiger partial charge in [0.25, 0.3) is 5.91 Å². The van der Waals surface area contributed by atoms with E-state index in [-0.39, 0.29) is 11.3 Å². The van der Waals surface area contributed by atoms with Crippen molar-refractivity contribution < 1.29 is 9.90 Å². The summed E-state index contributed by atoms with van der Waals surface area (Å²) in [5.74, 6) is -0.388. The maximum absolute atomic E-state index is 12.2. The molecule has 122 valence electrons. The number of aromatic hydroxyl groups is 1. The topological polar surface area (TPSA) is 85.2 Å². The highest BCUT2D eigenvalue weighted by Gasteiger charge is 2.11. The van der Waals surface area contributed by atoms with Gasteiger partial charge in [0.1, 0.15) is 17.4 Å². The van der Waals surface area contributed by atoms with Crippen molar-refractivity contribution in [3.63, 3.8) is 0 Å². The van der Waals surface area contributed by atoms with E-state index in [0.29, 0.717) is 11.3 Å². The van der Waals surface area contributed by atoms with Gasteiger partial charge in [-0.05, 0) is 67.8 Å². The Labute approximate surface area is 141 Å². The number of aryl methyl sites for hydroxylation is 3. The van der Waals surface area contributed by atoms with Crippen LogP contribution in [0.4, 0.5) is 11.4 Å². The predicted molar refractivity (Wildman–Crippen MR) is 94.7 cm³/mol. The van der Waals surface area contributed by atoms with Gasteiger partial charge in [-0.15, -0.1) is 0 Å². The fourth-order valence-electron chi connectivity index (χ4n) is 2.34. The van der Waals surface area contributed by atoms with Gasteiger partial charge in [-0.3, -0.25) is 4.79 Å². The molecule has 3 N–H and O–H groups in total. The number of amides is 1. The molecule has 2 aromatic carbocycles. The number of hydrogen-bond donors (Lipinski definition) is 3. The standard InChI is InChI=1S/C19H19N3O2/c1-12-6-13(2)8-16(7-12)21-11-15(10-20)19(24)22-18-5-4-17(23)9-14(18)3/h4-9,11,21,23H,1-3H3,(H,22,24)/b15-11-. The number of phenolic OH excluding ortho intramolecular Hbond substituents is 1. The van der Waals surface area contributed by atoms with E-state index in [0.717, 1.165) is 16.8 Å². The van der Waals surface area contributed by atoms with Gasteiger partial charge in [0, 0.05) is 17.6 Å². The summed E-state index contributed by atoms with van der Waals surface area (Å²) in [6.07, 6.45) is 1.39. The van der Waals surface area contributed by atoms with Crippen molar-refractivity contribution in [1.29, 1.82) is 5.26 Å². The Morgan fingerprint density at radius 3 is 2.38 bits per heavy atom. The number of hydrogen-bond acceptors (Lipinski definition) is 4. The number of phenols is 1. The summed E-state index contributed by atoms with van der Waals surface area (Å²) in [5.41, 5.74) is 4.21. The highest BCUT2D eigenvalue weighted by molar-refractivity contribution is 6.07. The molecule has 0 aliphatic heterocycles. The molecule has 0 bridgehead atoms. The lowest BCUT2D eigenvalue weighted by Crippen LogP contribution is -2.15. The Kier molecular flexibility index (Phi) is 5.23. The number of carbonyl (C=O) groups excluding carboxylic acids is 1. The second kappa shape index (κ2) is 7.34. The summed E-state index contributed by atoms with van der Waals surface area (Å²) in [4.78, 5) is 12.2. The third-order valence-electron chi connectivity index (χ3n) is 3.43. The zero-order valence-electron chi connectivity index (χ0n) is 13.8. The summed E-state index contributed by atoms with van der Waals surface area (Å²) in [7, 11) is 0. The van der Waals surface area contributed by atoms with Gasteiger partial charge in [0.2, 0.25) is 0 Å². The molecule has 0 aliphatic carbocycles. The van der Waals surface area contributed by atoms with Crippen molar-refractivity contribution in [3.8, 4) is 11.8 Å². The minimum absolute atomic E-state index is 0.0402. The second-order valence-electron chi connectivity index (χ2n) is 5.64. The first-order valence-corrected chi connectivity index (χ1v) is 7.45. The molecule has 0 radical (unpaired) electrons. The molecule has 0 atom stereocenters. The van der Waals surface area contributed by atoms with Crippen molar-refractivity contribution in [2.24, 2.45) is 0 Å². The Hall–Kier alpha value is -3.26. The quantitative estimate of drug-likeness (QED) is 0.454. The normalized spacial score (nSPS) is 10.8. The predicted octanol–water partition coefficient (Wildman–Crippen LogP) is 3.78. The molecule has 0 aromatic heterocycles. The second-order valence-corrected chi connectivity index (χ2v) is 5.64. The van der Waals surface area contributed by atoms with Gasteiger partial charge in [0.15, 0.2) is 0 Å². The molecule has 5 heteroatoms. The van der Waals surface area contributed by atoms with E-state index in [1.165, 1.54) is 12.3 Å². The van der Waals surface area contributed by atoms with E-state index < -0.39 is 5.91 Å². The SMILES string of the molecule is Cc1cc(C)cc(N/C=C(/C#N)C(=O)Nc2ccc(O)cc2C)c1. The zero-order valence-corrected chi connectivity index (χ0v) is 13.8. The molecule has 0 aliphatic rings. The molecule has 0 heterocycles. The number of benzene rings is 2. The van der Waals surface area contributed by atoms with Crippen LogP contribution in [0.2, 0.25) is 0 Å². The van der Waals surface area contributed by atoms with Gasteiger partial charge in [0.05, 0.1) is 0 Å². The van der Waals surface area contributed by atoms with Crippen LogP contribution in [0.3, 0.4) is 0 Å². The van der Waals surface area contributed by atoms with Crippen LogP contribution >= 0.6 is 0 Å². The highest BCUT2D eigenvalue weighted by Crippen LogP contribution is 2.20. The Morgan fingerprint density at radius 2 is 1.79 bits per heavy atom. The van der Waals surface area contributed by atoms with Crippen LogP contribution in [0.15, 0.2) is 48.2 Å². The molecule has 0 unspecified atom stereocenters. The number of anilines is 2. The molecule has 2 aromatic rings. The fourth-order valence-corrected chi connectivity index (χ4v) is 2.34. The maximum atomic E-state index is 12.2. The van der Waals surface area contributed by atoms with Gasteiger partial charge in [-0.1, -0.05) is 6.07 Å². The van der Waals surface area contributed by atoms with Gasteiger partial charge in [-0.25, -0.2) is 0 Å². The molecule has 0 spiro atoms. The fraction of sp³-hybridized carbons (Fsp3) is 0.158. The molecule has 5 nitrogen and oxygen atoms in total. The van der Waals surface area contributed by atoms with Crippen LogP contribution in [0.5, 0.6) is 5.75 Å². The van der Waals surface area contributed by atoms with Crippen molar-refractivity contribution in [1.82, 2.24) is 0 Å². The van der Waals surface area contributed by atoms with Crippen molar-refractivity contribution in [3.05, 3.63) is 64.9 Å². The molecule has 24 heavy (non-hydrogen) atoms. The third-order valence-corrected chi connectivity index (χ3v) is 3.43. The van der Waals surface area contributed by atoms with E-state index in [4.69, 9.17) is 0 Å². The van der Waals surface area contributed by atoms with Crippen molar-refractivity contribution >= 4 is 17.3 Å². The lowest BCUT2D eigenvalue weighted by atomic mass is 10.1. The minimum Gasteiger partial charge on any atom is -0.508 e. The molecule has 1 amide bonds. The molecular weight excluding hydrogens is 302 g/mol. The first-order chi connectivity index (χ1) is 11.4. The Balaban J connectivity index is 2.15. The molecule has 2 rings (SSSR count). The lowest BCUT2D eigenvalue weighted by molar-refractivity contribution is -0.112.